The number of rotatable bonds is 4. The van der Waals surface area contributed by atoms with Crippen molar-refractivity contribution < 1.29 is 9.13 Å². The Balaban J connectivity index is 2.40. The Hall–Kier alpha value is -3.39. The van der Waals surface area contributed by atoms with Gasteiger partial charge < -0.3 is 21.5 Å². The van der Waals surface area contributed by atoms with Crippen molar-refractivity contribution in [1.29, 1.82) is 5.41 Å². The summed E-state index contributed by atoms with van der Waals surface area (Å²) in [6, 6.07) is 6.06. The van der Waals surface area contributed by atoms with Crippen molar-refractivity contribution in [1.82, 2.24) is 10.3 Å². The van der Waals surface area contributed by atoms with E-state index in [2.05, 4.69) is 15.3 Å². The molecule has 1 unspecified atom stereocenters. The van der Waals surface area contributed by atoms with Crippen LogP contribution in [0.5, 0.6) is 5.75 Å². The molecular weight excluding hydrogens is 431 g/mol. The summed E-state index contributed by atoms with van der Waals surface area (Å²) < 4.78 is 20.3. The molecule has 3 rings (SSSR count). The average molecular weight is 457 g/mol. The van der Waals surface area contributed by atoms with Crippen molar-refractivity contribution in [3.63, 3.8) is 0 Å². The minimum Gasteiger partial charge on any atom is -0.482 e. The zero-order valence-corrected chi connectivity index (χ0v) is 18.9. The summed E-state index contributed by atoms with van der Waals surface area (Å²) in [5.74, 6) is 0.109. The number of pyridine rings is 1. The van der Waals surface area contributed by atoms with Crippen LogP contribution < -0.4 is 21.5 Å². The molecule has 2 heterocycles. The predicted octanol–water partition coefficient (Wildman–Crippen LogP) is 4.25. The van der Waals surface area contributed by atoms with Crippen LogP contribution in [0.4, 0.5) is 10.2 Å². The normalized spacial score (nSPS) is 19.1. The van der Waals surface area contributed by atoms with Crippen molar-refractivity contribution in [3.05, 3.63) is 64.1 Å². The SMILES string of the molecule is CCN/C1=C(\C(=N)Cl)CC(C=NC)=C(N)c2ccc(F)cc2C(C)Oc2cc1cnc2N. The molecular formula is C23H26ClFN6O. The maximum Gasteiger partial charge on any atom is 0.166 e. The molecule has 0 spiro atoms. The lowest BCUT2D eigenvalue weighted by Gasteiger charge is -2.23. The van der Waals surface area contributed by atoms with Gasteiger partial charge in [-0.25, -0.2) is 9.37 Å². The number of nitrogens with zero attached hydrogens (tertiary/aromatic N) is 2. The molecule has 0 amide bonds. The summed E-state index contributed by atoms with van der Waals surface area (Å²) in [5, 5.41) is 11.3. The maximum absolute atomic E-state index is 14.2. The van der Waals surface area contributed by atoms with Crippen LogP contribution in [0.1, 0.15) is 43.1 Å². The first kappa shape index (κ1) is 23.3. The molecule has 2 aromatic rings. The number of ether oxygens (including phenoxy) is 1. The van der Waals surface area contributed by atoms with Crippen molar-refractivity contribution in [3.8, 4) is 5.75 Å². The Labute approximate surface area is 191 Å². The van der Waals surface area contributed by atoms with E-state index in [-0.39, 0.29) is 17.4 Å². The fourth-order valence-electron chi connectivity index (χ4n) is 3.62. The first-order valence-electron chi connectivity index (χ1n) is 10.1. The van der Waals surface area contributed by atoms with Gasteiger partial charge in [-0.1, -0.05) is 11.6 Å². The fraction of sp³-hybridized carbons (Fsp3) is 0.261. The lowest BCUT2D eigenvalue weighted by Crippen LogP contribution is -2.19. The first-order valence-corrected chi connectivity index (χ1v) is 10.5. The molecule has 168 valence electrons. The van der Waals surface area contributed by atoms with Crippen LogP contribution >= 0.6 is 11.6 Å². The molecule has 0 fully saturated rings. The van der Waals surface area contributed by atoms with Crippen LogP contribution in [0.25, 0.3) is 11.4 Å². The molecule has 9 heteroatoms. The van der Waals surface area contributed by atoms with E-state index in [1.165, 1.54) is 12.1 Å². The molecule has 0 radical (unpaired) electrons. The minimum absolute atomic E-state index is 0.153. The Morgan fingerprint density at radius 2 is 2.16 bits per heavy atom. The highest BCUT2D eigenvalue weighted by Crippen LogP contribution is 2.35. The van der Waals surface area contributed by atoms with Gasteiger partial charge in [-0.05, 0) is 43.7 Å². The number of aromatic nitrogens is 1. The van der Waals surface area contributed by atoms with E-state index >= 15 is 0 Å². The topological polar surface area (TPSA) is 122 Å². The van der Waals surface area contributed by atoms with Crippen LogP contribution in [0.3, 0.4) is 0 Å². The van der Waals surface area contributed by atoms with Gasteiger partial charge in [0, 0.05) is 66.1 Å². The van der Waals surface area contributed by atoms with Gasteiger partial charge in [0.2, 0.25) is 0 Å². The third-order valence-electron chi connectivity index (χ3n) is 5.13. The molecule has 0 saturated heterocycles. The zero-order chi connectivity index (χ0) is 23.4. The largest absolute Gasteiger partial charge is 0.482 e. The Kier molecular flexibility index (Phi) is 7.15. The average Bonchev–Trinajstić information content (AvgIpc) is 2.75. The van der Waals surface area contributed by atoms with Crippen LogP contribution in [0.15, 0.2) is 46.6 Å². The van der Waals surface area contributed by atoms with Gasteiger partial charge in [-0.3, -0.25) is 10.4 Å². The number of halogens is 2. The Morgan fingerprint density at radius 1 is 1.41 bits per heavy atom. The monoisotopic (exact) mass is 456 g/mol. The second-order valence-corrected chi connectivity index (χ2v) is 7.68. The van der Waals surface area contributed by atoms with Crippen LogP contribution in [-0.4, -0.2) is 30.0 Å². The number of fused-ring (bicyclic) bond motifs is 3. The molecule has 1 aliphatic heterocycles. The molecule has 1 aromatic carbocycles. The number of nitrogens with two attached hydrogens (primary N) is 2. The second-order valence-electron chi connectivity index (χ2n) is 7.30. The standard InChI is InChI=1S/C23H26ClFN6O/c1-4-30-21-14-8-19(23(28)31-11-14)32-12(2)17-9-15(25)5-6-16(17)20(26)13(10-29-3)7-18(21)22(24)27/h5-6,8-12,27,30H,4,7,26H2,1-3H3,(H2,28,31)/b20-13?,21-18-,27-22?,29-10?. The van der Waals surface area contributed by atoms with Crippen molar-refractivity contribution in [2.45, 2.75) is 26.4 Å². The van der Waals surface area contributed by atoms with Gasteiger partial charge in [-0.2, -0.15) is 0 Å². The number of hydrogen-bond acceptors (Lipinski definition) is 7. The van der Waals surface area contributed by atoms with Crippen LogP contribution in [0.2, 0.25) is 0 Å². The van der Waals surface area contributed by atoms with E-state index in [1.807, 2.05) is 6.92 Å². The third kappa shape index (κ3) is 4.75. The molecule has 0 aliphatic carbocycles. The van der Waals surface area contributed by atoms with Gasteiger partial charge in [0.05, 0.1) is 0 Å². The highest BCUT2D eigenvalue weighted by molar-refractivity contribution is 6.69. The van der Waals surface area contributed by atoms with Gasteiger partial charge in [0.15, 0.2) is 11.6 Å². The number of benzene rings is 1. The number of nitrogen functional groups attached to an aromatic ring is 1. The van der Waals surface area contributed by atoms with E-state index in [9.17, 15) is 4.39 Å². The van der Waals surface area contributed by atoms with Gasteiger partial charge >= 0.3 is 0 Å². The Morgan fingerprint density at radius 3 is 2.81 bits per heavy atom. The molecule has 1 atom stereocenters. The van der Waals surface area contributed by atoms with Crippen molar-refractivity contribution in [2.24, 2.45) is 10.7 Å². The first-order chi connectivity index (χ1) is 15.3. The summed E-state index contributed by atoms with van der Waals surface area (Å²) in [4.78, 5) is 8.40. The molecule has 32 heavy (non-hydrogen) atoms. The summed E-state index contributed by atoms with van der Waals surface area (Å²) >= 11 is 6.23. The van der Waals surface area contributed by atoms with Crippen LogP contribution in [0, 0.1) is 11.2 Å². The lowest BCUT2D eigenvalue weighted by atomic mass is 9.93. The second kappa shape index (κ2) is 9.82. The zero-order valence-electron chi connectivity index (χ0n) is 18.2. The predicted molar refractivity (Wildman–Crippen MR) is 128 cm³/mol. The van der Waals surface area contributed by atoms with Gasteiger partial charge in [0.1, 0.15) is 17.1 Å². The van der Waals surface area contributed by atoms with Gasteiger partial charge in [0.25, 0.3) is 0 Å². The van der Waals surface area contributed by atoms with E-state index < -0.39 is 11.9 Å². The molecule has 7 nitrogen and oxygen atoms in total. The fourth-order valence-corrected chi connectivity index (χ4v) is 3.78. The molecule has 1 aliphatic rings. The Bertz CT molecular complexity index is 1140. The number of anilines is 1. The molecule has 2 bridgehead atoms. The van der Waals surface area contributed by atoms with Crippen LogP contribution in [-0.2, 0) is 0 Å². The molecule has 0 saturated carbocycles. The van der Waals surface area contributed by atoms with Crippen molar-refractivity contribution in [2.75, 3.05) is 19.3 Å². The third-order valence-corrected chi connectivity index (χ3v) is 5.36. The highest BCUT2D eigenvalue weighted by Gasteiger charge is 2.23. The maximum atomic E-state index is 14.2. The number of allylic oxidation sites excluding steroid dienone is 2. The summed E-state index contributed by atoms with van der Waals surface area (Å²) in [6.45, 7) is 4.31. The van der Waals surface area contributed by atoms with E-state index in [0.29, 0.717) is 51.5 Å². The number of hydrogen-bond donors (Lipinski definition) is 4. The summed E-state index contributed by atoms with van der Waals surface area (Å²) in [5.41, 5.74) is 16.6. The summed E-state index contributed by atoms with van der Waals surface area (Å²) in [6.07, 6.45) is 2.86. The van der Waals surface area contributed by atoms with Crippen molar-refractivity contribution >= 4 is 40.2 Å². The number of aliphatic imine (C=N–C) groups is 1. The van der Waals surface area contributed by atoms with Gasteiger partial charge in [-0.15, -0.1) is 0 Å². The quantitative estimate of drug-likeness (QED) is 0.512. The molecule has 6 N–H and O–H groups in total. The molecule has 1 aromatic heterocycles. The van der Waals surface area contributed by atoms with E-state index in [0.717, 1.165) is 0 Å². The number of nitrogens with one attached hydrogen (secondary N) is 2. The van der Waals surface area contributed by atoms with E-state index in [4.69, 9.17) is 33.2 Å². The smallest absolute Gasteiger partial charge is 0.166 e. The lowest BCUT2D eigenvalue weighted by molar-refractivity contribution is 0.226. The van der Waals surface area contributed by atoms with E-state index in [1.54, 1.807) is 38.5 Å². The highest BCUT2D eigenvalue weighted by atomic mass is 35.5. The summed E-state index contributed by atoms with van der Waals surface area (Å²) in [7, 11) is 1.63. The minimum atomic E-state index is -0.574.